The Morgan fingerprint density at radius 3 is 2.57 bits per heavy atom. The van der Waals surface area contributed by atoms with Crippen LogP contribution < -0.4 is 0 Å². The average molecular weight is 304 g/mol. The molecule has 4 aromatic rings. The first kappa shape index (κ1) is 13.6. The smallest absolute Gasteiger partial charge is 0.113 e. The van der Waals surface area contributed by atoms with Crippen LogP contribution in [0.15, 0.2) is 54.7 Å². The Morgan fingerprint density at radius 1 is 0.870 bits per heavy atom. The third-order valence-electron chi connectivity index (χ3n) is 3.78. The van der Waals surface area contributed by atoms with Crippen LogP contribution in [0, 0.1) is 6.92 Å². The van der Waals surface area contributed by atoms with Crippen molar-refractivity contribution in [2.75, 3.05) is 0 Å². The Bertz CT molecular complexity index is 935. The molecule has 0 spiro atoms. The van der Waals surface area contributed by atoms with Crippen LogP contribution in [-0.2, 0) is 13.1 Å². The molecule has 0 radical (unpaired) electrons. The fourth-order valence-corrected chi connectivity index (χ4v) is 2.56. The largest absolute Gasteiger partial charge is 0.248 e. The van der Waals surface area contributed by atoms with Gasteiger partial charge < -0.3 is 0 Å². The predicted molar refractivity (Wildman–Crippen MR) is 86.9 cm³/mol. The van der Waals surface area contributed by atoms with E-state index in [1.54, 1.807) is 0 Å². The molecule has 0 atom stereocenters. The summed E-state index contributed by atoms with van der Waals surface area (Å²) in [5, 5.41) is 16.8. The molecule has 4 rings (SSSR count). The molecule has 0 aliphatic rings. The lowest BCUT2D eigenvalue weighted by atomic mass is 10.1. The van der Waals surface area contributed by atoms with Gasteiger partial charge in [0.05, 0.1) is 24.8 Å². The van der Waals surface area contributed by atoms with Crippen LogP contribution in [0.1, 0.15) is 16.8 Å². The maximum atomic E-state index is 4.24. The van der Waals surface area contributed by atoms with Crippen molar-refractivity contribution in [1.29, 1.82) is 0 Å². The normalized spacial score (nSPS) is 11.2. The first-order valence-electron chi connectivity index (χ1n) is 7.51. The number of aryl methyl sites for hydroxylation is 1. The van der Waals surface area contributed by atoms with Gasteiger partial charge in [0.2, 0.25) is 0 Å². The van der Waals surface area contributed by atoms with Gasteiger partial charge in [0.15, 0.2) is 0 Å². The van der Waals surface area contributed by atoms with E-state index in [4.69, 9.17) is 0 Å². The number of rotatable bonds is 4. The van der Waals surface area contributed by atoms with Gasteiger partial charge in [-0.1, -0.05) is 52.4 Å². The van der Waals surface area contributed by atoms with Crippen LogP contribution in [-0.4, -0.2) is 30.0 Å². The summed E-state index contributed by atoms with van der Waals surface area (Å²) in [6.07, 6.45) is 1.95. The number of benzene rings is 2. The number of hydrogen-bond donors (Lipinski definition) is 0. The molecule has 0 amide bonds. The van der Waals surface area contributed by atoms with Gasteiger partial charge >= 0.3 is 0 Å². The molecule has 6 heteroatoms. The molecule has 2 heterocycles. The van der Waals surface area contributed by atoms with Gasteiger partial charge in [0, 0.05) is 0 Å². The number of aromatic nitrogens is 6. The highest BCUT2D eigenvalue weighted by atomic mass is 15.5. The van der Waals surface area contributed by atoms with E-state index in [0.29, 0.717) is 13.1 Å². The Kier molecular flexibility index (Phi) is 3.34. The molecule has 23 heavy (non-hydrogen) atoms. The molecule has 2 aromatic heterocycles. The number of fused-ring (bicyclic) bond motifs is 1. The van der Waals surface area contributed by atoms with E-state index in [2.05, 4.69) is 51.8 Å². The van der Waals surface area contributed by atoms with Crippen LogP contribution in [0.3, 0.4) is 0 Å². The SMILES string of the molecule is Cc1ccc(Cn2cc(Cn3nnc4ccccc43)nn2)cc1. The molecule has 0 fully saturated rings. The highest BCUT2D eigenvalue weighted by Gasteiger charge is 2.07. The van der Waals surface area contributed by atoms with Gasteiger partial charge in [0.1, 0.15) is 11.2 Å². The van der Waals surface area contributed by atoms with Gasteiger partial charge in [-0.3, -0.25) is 0 Å². The van der Waals surface area contributed by atoms with E-state index < -0.39 is 0 Å². The van der Waals surface area contributed by atoms with Crippen molar-refractivity contribution >= 4 is 11.0 Å². The summed E-state index contributed by atoms with van der Waals surface area (Å²) < 4.78 is 3.69. The molecule has 0 unspecified atom stereocenters. The zero-order chi connectivity index (χ0) is 15.6. The van der Waals surface area contributed by atoms with Gasteiger partial charge in [-0.2, -0.15) is 0 Å². The van der Waals surface area contributed by atoms with E-state index in [9.17, 15) is 0 Å². The third-order valence-corrected chi connectivity index (χ3v) is 3.78. The second kappa shape index (κ2) is 5.64. The molecule has 114 valence electrons. The van der Waals surface area contributed by atoms with Gasteiger partial charge in [0.25, 0.3) is 0 Å². The van der Waals surface area contributed by atoms with E-state index in [0.717, 1.165) is 16.7 Å². The van der Waals surface area contributed by atoms with Crippen molar-refractivity contribution in [3.05, 3.63) is 71.5 Å². The van der Waals surface area contributed by atoms with Crippen LogP contribution in [0.4, 0.5) is 0 Å². The maximum Gasteiger partial charge on any atom is 0.113 e. The lowest BCUT2D eigenvalue weighted by molar-refractivity contribution is 0.643. The van der Waals surface area contributed by atoms with E-state index in [1.807, 2.05) is 39.8 Å². The first-order valence-corrected chi connectivity index (χ1v) is 7.51. The molecule has 2 aromatic carbocycles. The van der Waals surface area contributed by atoms with E-state index in [-0.39, 0.29) is 0 Å². The van der Waals surface area contributed by atoms with Crippen molar-refractivity contribution in [3.8, 4) is 0 Å². The summed E-state index contributed by atoms with van der Waals surface area (Å²) in [4.78, 5) is 0. The molecule has 0 saturated heterocycles. The second-order valence-electron chi connectivity index (χ2n) is 5.63. The van der Waals surface area contributed by atoms with Crippen molar-refractivity contribution in [2.45, 2.75) is 20.0 Å². The van der Waals surface area contributed by atoms with Crippen molar-refractivity contribution in [1.82, 2.24) is 30.0 Å². The molecule has 0 bridgehead atoms. The highest BCUT2D eigenvalue weighted by Crippen LogP contribution is 2.11. The molecule has 0 aliphatic heterocycles. The molecule has 6 nitrogen and oxygen atoms in total. The van der Waals surface area contributed by atoms with Crippen LogP contribution in [0.25, 0.3) is 11.0 Å². The van der Waals surface area contributed by atoms with Crippen LogP contribution in [0.2, 0.25) is 0 Å². The summed E-state index contributed by atoms with van der Waals surface area (Å²) in [5.41, 5.74) is 5.22. The van der Waals surface area contributed by atoms with Crippen molar-refractivity contribution < 1.29 is 0 Å². The lowest BCUT2D eigenvalue weighted by Gasteiger charge is -2.01. The maximum absolute atomic E-state index is 4.24. The lowest BCUT2D eigenvalue weighted by Crippen LogP contribution is -2.02. The van der Waals surface area contributed by atoms with Crippen LogP contribution in [0.5, 0.6) is 0 Å². The fraction of sp³-hybridized carbons (Fsp3) is 0.176. The van der Waals surface area contributed by atoms with E-state index >= 15 is 0 Å². The standard InChI is InChI=1S/C17H16N6/c1-13-6-8-14(9-7-13)10-22-11-15(18-20-22)12-23-17-5-3-2-4-16(17)19-21-23/h2-9,11H,10,12H2,1H3. The van der Waals surface area contributed by atoms with Gasteiger partial charge in [-0.25, -0.2) is 9.36 Å². The Hall–Kier alpha value is -3.02. The quantitative estimate of drug-likeness (QED) is 0.581. The Morgan fingerprint density at radius 2 is 1.70 bits per heavy atom. The number of para-hydroxylation sites is 1. The molecule has 0 aliphatic carbocycles. The monoisotopic (exact) mass is 304 g/mol. The molecular weight excluding hydrogens is 288 g/mol. The summed E-state index contributed by atoms with van der Waals surface area (Å²) in [5.74, 6) is 0. The van der Waals surface area contributed by atoms with Gasteiger partial charge in [-0.15, -0.1) is 10.2 Å². The Labute approximate surface area is 133 Å². The zero-order valence-electron chi connectivity index (χ0n) is 12.8. The zero-order valence-corrected chi connectivity index (χ0v) is 12.8. The minimum Gasteiger partial charge on any atom is -0.248 e. The third kappa shape index (κ3) is 2.83. The second-order valence-corrected chi connectivity index (χ2v) is 5.63. The summed E-state index contributed by atoms with van der Waals surface area (Å²) in [7, 11) is 0. The molecule has 0 saturated carbocycles. The van der Waals surface area contributed by atoms with E-state index in [1.165, 1.54) is 11.1 Å². The Balaban J connectivity index is 1.52. The minimum atomic E-state index is 0.564. The number of hydrogen-bond acceptors (Lipinski definition) is 4. The first-order chi connectivity index (χ1) is 11.3. The number of nitrogens with zero attached hydrogens (tertiary/aromatic N) is 6. The predicted octanol–water partition coefficient (Wildman–Crippen LogP) is 2.43. The molecular formula is C17H16N6. The van der Waals surface area contributed by atoms with Crippen LogP contribution >= 0.6 is 0 Å². The minimum absolute atomic E-state index is 0.564. The highest BCUT2D eigenvalue weighted by molar-refractivity contribution is 5.73. The topological polar surface area (TPSA) is 61.4 Å². The van der Waals surface area contributed by atoms with Gasteiger partial charge in [-0.05, 0) is 24.6 Å². The van der Waals surface area contributed by atoms with Crippen molar-refractivity contribution in [3.63, 3.8) is 0 Å². The summed E-state index contributed by atoms with van der Waals surface area (Å²) >= 11 is 0. The fourth-order valence-electron chi connectivity index (χ4n) is 2.56. The average Bonchev–Trinajstić information content (AvgIpc) is 3.18. The summed E-state index contributed by atoms with van der Waals surface area (Å²) in [6.45, 7) is 3.36. The summed E-state index contributed by atoms with van der Waals surface area (Å²) in [6, 6.07) is 16.3. The molecule has 0 N–H and O–H groups in total. The van der Waals surface area contributed by atoms with Crippen molar-refractivity contribution in [2.24, 2.45) is 0 Å².